The molecular formula is C17H35N3O2. The molecule has 0 spiro atoms. The standard InChI is InChI=1S/C17H35N3O2/c1-6-14(19-16(21)22-17(3,4)5)13-18-15-9-8-11-20(7-2)12-10-15/h14-15,18H,6-13H2,1-5H3,(H,19,21). The average Bonchev–Trinajstić information content (AvgIpc) is 2.66. The van der Waals surface area contributed by atoms with Gasteiger partial charge in [-0.2, -0.15) is 0 Å². The molecule has 0 aromatic rings. The summed E-state index contributed by atoms with van der Waals surface area (Å²) in [5.41, 5.74) is -0.444. The number of hydrogen-bond donors (Lipinski definition) is 2. The van der Waals surface area contributed by atoms with E-state index in [9.17, 15) is 4.79 Å². The van der Waals surface area contributed by atoms with Gasteiger partial charge in [-0.05, 0) is 66.1 Å². The van der Waals surface area contributed by atoms with Crippen molar-refractivity contribution >= 4 is 6.09 Å². The van der Waals surface area contributed by atoms with E-state index >= 15 is 0 Å². The molecule has 0 bridgehead atoms. The second kappa shape index (κ2) is 9.36. The van der Waals surface area contributed by atoms with Gasteiger partial charge in [0.2, 0.25) is 0 Å². The van der Waals surface area contributed by atoms with Gasteiger partial charge in [-0.3, -0.25) is 0 Å². The van der Waals surface area contributed by atoms with Gasteiger partial charge in [-0.1, -0.05) is 13.8 Å². The minimum Gasteiger partial charge on any atom is -0.444 e. The van der Waals surface area contributed by atoms with Crippen LogP contribution in [0.1, 0.15) is 60.3 Å². The molecule has 0 saturated carbocycles. The van der Waals surface area contributed by atoms with Gasteiger partial charge in [-0.15, -0.1) is 0 Å². The molecule has 2 N–H and O–H groups in total. The number of nitrogens with zero attached hydrogens (tertiary/aromatic N) is 1. The van der Waals surface area contributed by atoms with Crippen molar-refractivity contribution in [3.05, 3.63) is 0 Å². The Morgan fingerprint density at radius 1 is 1.27 bits per heavy atom. The Hall–Kier alpha value is -0.810. The second-order valence-electron chi connectivity index (χ2n) is 7.22. The molecule has 1 aliphatic heterocycles. The summed E-state index contributed by atoms with van der Waals surface area (Å²) >= 11 is 0. The maximum Gasteiger partial charge on any atom is 0.407 e. The first-order chi connectivity index (χ1) is 10.3. The normalized spacial score (nSPS) is 22.0. The third-order valence-electron chi connectivity index (χ3n) is 4.13. The predicted molar refractivity (Wildman–Crippen MR) is 91.2 cm³/mol. The van der Waals surface area contributed by atoms with Gasteiger partial charge < -0.3 is 20.3 Å². The van der Waals surface area contributed by atoms with Crippen LogP contribution in [0.2, 0.25) is 0 Å². The van der Waals surface area contributed by atoms with Crippen molar-refractivity contribution < 1.29 is 9.53 Å². The molecule has 1 aliphatic rings. The van der Waals surface area contributed by atoms with Crippen LogP contribution in [0, 0.1) is 0 Å². The Kier molecular flexibility index (Phi) is 8.18. The fraction of sp³-hybridized carbons (Fsp3) is 0.941. The van der Waals surface area contributed by atoms with Crippen molar-refractivity contribution in [2.24, 2.45) is 0 Å². The van der Waals surface area contributed by atoms with Crippen molar-refractivity contribution in [3.63, 3.8) is 0 Å². The summed E-state index contributed by atoms with van der Waals surface area (Å²) in [7, 11) is 0. The van der Waals surface area contributed by atoms with Crippen LogP contribution >= 0.6 is 0 Å². The first-order valence-electron chi connectivity index (χ1n) is 8.79. The number of rotatable bonds is 6. The van der Waals surface area contributed by atoms with Gasteiger partial charge in [-0.25, -0.2) is 4.79 Å². The predicted octanol–water partition coefficient (Wildman–Crippen LogP) is 2.75. The molecule has 0 aromatic carbocycles. The molecule has 5 heteroatoms. The van der Waals surface area contributed by atoms with E-state index < -0.39 is 5.60 Å². The fourth-order valence-electron chi connectivity index (χ4n) is 2.76. The third kappa shape index (κ3) is 7.99. The Balaban J connectivity index is 2.32. The third-order valence-corrected chi connectivity index (χ3v) is 4.13. The number of carbonyl (C=O) groups is 1. The largest absolute Gasteiger partial charge is 0.444 e. The van der Waals surface area contributed by atoms with E-state index in [2.05, 4.69) is 29.4 Å². The monoisotopic (exact) mass is 313 g/mol. The maximum absolute atomic E-state index is 11.8. The molecule has 1 amide bonds. The van der Waals surface area contributed by atoms with Crippen LogP contribution < -0.4 is 10.6 Å². The highest BCUT2D eigenvalue weighted by molar-refractivity contribution is 5.68. The van der Waals surface area contributed by atoms with Gasteiger partial charge in [0.15, 0.2) is 0 Å². The van der Waals surface area contributed by atoms with Crippen molar-refractivity contribution in [3.8, 4) is 0 Å². The van der Waals surface area contributed by atoms with E-state index in [1.54, 1.807) is 0 Å². The lowest BCUT2D eigenvalue weighted by atomic mass is 10.1. The molecule has 1 saturated heterocycles. The van der Waals surface area contributed by atoms with E-state index in [1.807, 2.05) is 20.8 Å². The molecule has 130 valence electrons. The zero-order valence-corrected chi connectivity index (χ0v) is 15.1. The molecule has 22 heavy (non-hydrogen) atoms. The highest BCUT2D eigenvalue weighted by atomic mass is 16.6. The number of alkyl carbamates (subject to hydrolysis) is 1. The number of ether oxygens (including phenoxy) is 1. The van der Waals surface area contributed by atoms with Gasteiger partial charge in [0, 0.05) is 18.6 Å². The van der Waals surface area contributed by atoms with E-state index in [0.717, 1.165) is 19.5 Å². The zero-order chi connectivity index (χ0) is 16.6. The summed E-state index contributed by atoms with van der Waals surface area (Å²) in [5.74, 6) is 0. The van der Waals surface area contributed by atoms with Crippen LogP contribution in [0.4, 0.5) is 4.79 Å². The Labute approximate surface area is 136 Å². The quantitative estimate of drug-likeness (QED) is 0.792. The molecule has 5 nitrogen and oxygen atoms in total. The summed E-state index contributed by atoms with van der Waals surface area (Å²) < 4.78 is 5.33. The number of carbonyl (C=O) groups excluding carboxylic acids is 1. The van der Waals surface area contributed by atoms with Crippen molar-refractivity contribution in [2.45, 2.75) is 78.0 Å². The molecule has 2 unspecified atom stereocenters. The number of hydrogen-bond acceptors (Lipinski definition) is 4. The van der Waals surface area contributed by atoms with Gasteiger partial charge in [0.05, 0.1) is 0 Å². The lowest BCUT2D eigenvalue weighted by Gasteiger charge is -2.25. The van der Waals surface area contributed by atoms with E-state index in [1.165, 1.54) is 32.4 Å². The average molecular weight is 313 g/mol. The summed E-state index contributed by atoms with van der Waals surface area (Å²) in [5, 5.41) is 6.59. The topological polar surface area (TPSA) is 53.6 Å². The lowest BCUT2D eigenvalue weighted by Crippen LogP contribution is -2.46. The molecule has 0 radical (unpaired) electrons. The zero-order valence-electron chi connectivity index (χ0n) is 15.1. The van der Waals surface area contributed by atoms with E-state index in [4.69, 9.17) is 4.74 Å². The molecule has 1 rings (SSSR count). The smallest absolute Gasteiger partial charge is 0.407 e. The van der Waals surface area contributed by atoms with Crippen LogP contribution in [0.15, 0.2) is 0 Å². The van der Waals surface area contributed by atoms with Crippen LogP contribution in [0.5, 0.6) is 0 Å². The van der Waals surface area contributed by atoms with Gasteiger partial charge in [0.25, 0.3) is 0 Å². The highest BCUT2D eigenvalue weighted by Crippen LogP contribution is 2.11. The fourth-order valence-corrected chi connectivity index (χ4v) is 2.76. The van der Waals surface area contributed by atoms with Crippen molar-refractivity contribution in [1.82, 2.24) is 15.5 Å². The Morgan fingerprint density at radius 2 is 2.00 bits per heavy atom. The molecule has 0 aliphatic carbocycles. The number of likely N-dealkylation sites (tertiary alicyclic amines) is 1. The summed E-state index contributed by atoms with van der Waals surface area (Å²) in [4.78, 5) is 14.4. The SMILES string of the molecule is CCC(CNC1CCCN(CC)CC1)NC(=O)OC(C)(C)C. The van der Waals surface area contributed by atoms with Crippen LogP contribution in [-0.4, -0.2) is 54.9 Å². The summed E-state index contributed by atoms with van der Waals surface area (Å²) in [6.45, 7) is 14.3. The summed E-state index contributed by atoms with van der Waals surface area (Å²) in [6.07, 6.45) is 4.25. The van der Waals surface area contributed by atoms with Gasteiger partial charge in [0.1, 0.15) is 5.60 Å². The molecule has 1 fully saturated rings. The van der Waals surface area contributed by atoms with Crippen LogP contribution in [0.3, 0.4) is 0 Å². The minimum absolute atomic E-state index is 0.125. The highest BCUT2D eigenvalue weighted by Gasteiger charge is 2.20. The van der Waals surface area contributed by atoms with E-state index in [0.29, 0.717) is 6.04 Å². The molecule has 2 atom stereocenters. The first kappa shape index (κ1) is 19.2. The molecular weight excluding hydrogens is 278 g/mol. The maximum atomic E-state index is 11.8. The molecule has 1 heterocycles. The van der Waals surface area contributed by atoms with Crippen molar-refractivity contribution in [1.29, 1.82) is 0 Å². The Bertz CT molecular complexity index is 328. The second-order valence-corrected chi connectivity index (χ2v) is 7.22. The van der Waals surface area contributed by atoms with E-state index in [-0.39, 0.29) is 12.1 Å². The first-order valence-corrected chi connectivity index (χ1v) is 8.79. The number of amides is 1. The van der Waals surface area contributed by atoms with Crippen LogP contribution in [0.25, 0.3) is 0 Å². The Morgan fingerprint density at radius 3 is 2.59 bits per heavy atom. The number of nitrogens with one attached hydrogen (secondary N) is 2. The minimum atomic E-state index is -0.444. The summed E-state index contributed by atoms with van der Waals surface area (Å²) in [6, 6.07) is 0.686. The van der Waals surface area contributed by atoms with Gasteiger partial charge >= 0.3 is 6.09 Å². The van der Waals surface area contributed by atoms with Crippen LogP contribution in [-0.2, 0) is 4.74 Å². The molecule has 0 aromatic heterocycles. The lowest BCUT2D eigenvalue weighted by molar-refractivity contribution is 0.0501. The van der Waals surface area contributed by atoms with Crippen molar-refractivity contribution in [2.75, 3.05) is 26.2 Å².